The summed E-state index contributed by atoms with van der Waals surface area (Å²) in [6.07, 6.45) is 2.96. The van der Waals surface area contributed by atoms with Gasteiger partial charge in [0.1, 0.15) is 5.69 Å². The zero-order chi connectivity index (χ0) is 14.5. The van der Waals surface area contributed by atoms with Crippen LogP contribution in [-0.2, 0) is 11.2 Å². The Kier molecular flexibility index (Phi) is 4.37. The van der Waals surface area contributed by atoms with Crippen LogP contribution in [0, 0.1) is 0 Å². The van der Waals surface area contributed by atoms with Crippen molar-refractivity contribution in [2.75, 3.05) is 5.32 Å². The molecule has 3 aromatic heterocycles. The number of carbonyl (C=O) groups excluding carboxylic acids is 1. The van der Waals surface area contributed by atoms with Crippen molar-refractivity contribution in [3.05, 3.63) is 52.2 Å². The molecular formula is C15H13N3OS2. The maximum atomic E-state index is 11.9. The molecule has 21 heavy (non-hydrogen) atoms. The van der Waals surface area contributed by atoms with Gasteiger partial charge in [0, 0.05) is 18.0 Å². The normalized spacial score (nSPS) is 10.5. The average molecular weight is 315 g/mol. The Bertz CT molecular complexity index is 708. The first kappa shape index (κ1) is 13.9. The van der Waals surface area contributed by atoms with Crippen molar-refractivity contribution in [1.29, 1.82) is 0 Å². The first-order chi connectivity index (χ1) is 10.3. The van der Waals surface area contributed by atoms with E-state index in [2.05, 4.69) is 20.7 Å². The SMILES string of the molecule is O=C(CCc1ccsc1)Nc1nc(-c2ccccn2)cs1. The van der Waals surface area contributed by atoms with E-state index in [1.807, 2.05) is 35.0 Å². The number of anilines is 1. The zero-order valence-corrected chi connectivity index (χ0v) is 12.8. The van der Waals surface area contributed by atoms with Crippen LogP contribution >= 0.6 is 22.7 Å². The van der Waals surface area contributed by atoms with Crippen LogP contribution in [0.3, 0.4) is 0 Å². The van der Waals surface area contributed by atoms with Gasteiger partial charge in [0.25, 0.3) is 0 Å². The number of carbonyl (C=O) groups is 1. The fourth-order valence-corrected chi connectivity index (χ4v) is 3.26. The van der Waals surface area contributed by atoms with Crippen molar-refractivity contribution in [2.24, 2.45) is 0 Å². The number of aryl methyl sites for hydroxylation is 1. The van der Waals surface area contributed by atoms with Crippen molar-refractivity contribution in [3.63, 3.8) is 0 Å². The summed E-state index contributed by atoms with van der Waals surface area (Å²) in [4.78, 5) is 20.5. The number of aromatic nitrogens is 2. The lowest BCUT2D eigenvalue weighted by atomic mass is 10.2. The van der Waals surface area contributed by atoms with Crippen LogP contribution in [0.2, 0.25) is 0 Å². The average Bonchev–Trinajstić information content (AvgIpc) is 3.17. The van der Waals surface area contributed by atoms with Gasteiger partial charge in [-0.3, -0.25) is 9.78 Å². The Morgan fingerprint density at radius 2 is 2.14 bits per heavy atom. The van der Waals surface area contributed by atoms with E-state index in [9.17, 15) is 4.79 Å². The van der Waals surface area contributed by atoms with Crippen LogP contribution in [0.5, 0.6) is 0 Å². The third-order valence-electron chi connectivity index (χ3n) is 2.90. The molecule has 0 aromatic carbocycles. The molecule has 1 N–H and O–H groups in total. The molecule has 0 aliphatic heterocycles. The van der Waals surface area contributed by atoms with Gasteiger partial charge in [0.15, 0.2) is 5.13 Å². The van der Waals surface area contributed by atoms with Crippen molar-refractivity contribution < 1.29 is 4.79 Å². The molecule has 3 aromatic rings. The van der Waals surface area contributed by atoms with E-state index in [1.165, 1.54) is 16.9 Å². The van der Waals surface area contributed by atoms with E-state index < -0.39 is 0 Å². The summed E-state index contributed by atoms with van der Waals surface area (Å²) in [6.45, 7) is 0. The van der Waals surface area contributed by atoms with E-state index in [1.54, 1.807) is 17.5 Å². The summed E-state index contributed by atoms with van der Waals surface area (Å²) in [5.41, 5.74) is 2.80. The predicted octanol–water partition coefficient (Wildman–Crippen LogP) is 3.84. The number of nitrogens with zero attached hydrogens (tertiary/aromatic N) is 2. The molecule has 3 rings (SSSR count). The fourth-order valence-electron chi connectivity index (χ4n) is 1.84. The highest BCUT2D eigenvalue weighted by molar-refractivity contribution is 7.14. The number of amides is 1. The summed E-state index contributed by atoms with van der Waals surface area (Å²) < 4.78 is 0. The predicted molar refractivity (Wildman–Crippen MR) is 86.6 cm³/mol. The molecule has 0 aliphatic carbocycles. The molecule has 3 heterocycles. The maximum Gasteiger partial charge on any atom is 0.226 e. The number of rotatable bonds is 5. The lowest BCUT2D eigenvalue weighted by Gasteiger charge is -2.00. The Hall–Kier alpha value is -2.05. The Morgan fingerprint density at radius 3 is 2.90 bits per heavy atom. The molecule has 0 saturated heterocycles. The van der Waals surface area contributed by atoms with E-state index in [4.69, 9.17) is 0 Å². The monoisotopic (exact) mass is 315 g/mol. The van der Waals surface area contributed by atoms with Gasteiger partial charge in [0.05, 0.1) is 5.69 Å². The smallest absolute Gasteiger partial charge is 0.226 e. The third kappa shape index (κ3) is 3.74. The standard InChI is InChI=1S/C15H13N3OS2/c19-14(5-4-11-6-8-20-9-11)18-15-17-13(10-21-15)12-3-1-2-7-16-12/h1-3,6-10H,4-5H2,(H,17,18,19). The fraction of sp³-hybridized carbons (Fsp3) is 0.133. The van der Waals surface area contributed by atoms with E-state index >= 15 is 0 Å². The summed E-state index contributed by atoms with van der Waals surface area (Å²) in [5.74, 6) is -0.0110. The molecule has 0 spiro atoms. The van der Waals surface area contributed by atoms with E-state index in [0.29, 0.717) is 11.6 Å². The molecule has 4 nitrogen and oxygen atoms in total. The molecule has 0 radical (unpaired) electrons. The number of nitrogens with one attached hydrogen (secondary N) is 1. The van der Waals surface area contributed by atoms with Gasteiger partial charge in [-0.25, -0.2) is 4.98 Å². The van der Waals surface area contributed by atoms with Crippen LogP contribution in [-0.4, -0.2) is 15.9 Å². The molecule has 0 unspecified atom stereocenters. The minimum atomic E-state index is -0.0110. The number of thiazole rings is 1. The summed E-state index contributed by atoms with van der Waals surface area (Å²) >= 11 is 3.06. The zero-order valence-electron chi connectivity index (χ0n) is 11.2. The topological polar surface area (TPSA) is 54.9 Å². The van der Waals surface area contributed by atoms with Crippen LogP contribution in [0.1, 0.15) is 12.0 Å². The summed E-state index contributed by atoms with van der Waals surface area (Å²) in [6, 6.07) is 7.72. The van der Waals surface area contributed by atoms with Gasteiger partial charge in [-0.15, -0.1) is 11.3 Å². The molecule has 106 valence electrons. The molecular weight excluding hydrogens is 302 g/mol. The molecule has 0 bridgehead atoms. The highest BCUT2D eigenvalue weighted by Crippen LogP contribution is 2.23. The Labute approximate surface area is 130 Å². The highest BCUT2D eigenvalue weighted by atomic mass is 32.1. The van der Waals surface area contributed by atoms with Crippen molar-refractivity contribution >= 4 is 33.7 Å². The second-order valence-corrected chi connectivity index (χ2v) is 6.07. The number of hydrogen-bond acceptors (Lipinski definition) is 5. The van der Waals surface area contributed by atoms with Gasteiger partial charge in [-0.1, -0.05) is 6.07 Å². The minimum Gasteiger partial charge on any atom is -0.302 e. The van der Waals surface area contributed by atoms with Crippen LogP contribution in [0.4, 0.5) is 5.13 Å². The second-order valence-electron chi connectivity index (χ2n) is 4.43. The van der Waals surface area contributed by atoms with E-state index in [0.717, 1.165) is 17.8 Å². The van der Waals surface area contributed by atoms with Crippen molar-refractivity contribution in [1.82, 2.24) is 9.97 Å². The van der Waals surface area contributed by atoms with Gasteiger partial charge in [0.2, 0.25) is 5.91 Å². The minimum absolute atomic E-state index is 0.0110. The van der Waals surface area contributed by atoms with Crippen molar-refractivity contribution in [3.8, 4) is 11.4 Å². The summed E-state index contributed by atoms with van der Waals surface area (Å²) in [7, 11) is 0. The quantitative estimate of drug-likeness (QED) is 0.778. The molecule has 6 heteroatoms. The maximum absolute atomic E-state index is 11.9. The largest absolute Gasteiger partial charge is 0.302 e. The number of pyridine rings is 1. The second kappa shape index (κ2) is 6.60. The van der Waals surface area contributed by atoms with E-state index in [-0.39, 0.29) is 5.91 Å². The van der Waals surface area contributed by atoms with Gasteiger partial charge in [-0.2, -0.15) is 11.3 Å². The Balaban J connectivity index is 1.58. The number of hydrogen-bond donors (Lipinski definition) is 1. The first-order valence-corrected chi connectivity index (χ1v) is 8.31. The van der Waals surface area contributed by atoms with Crippen LogP contribution in [0.15, 0.2) is 46.6 Å². The highest BCUT2D eigenvalue weighted by Gasteiger charge is 2.08. The van der Waals surface area contributed by atoms with Crippen molar-refractivity contribution in [2.45, 2.75) is 12.8 Å². The lowest BCUT2D eigenvalue weighted by Crippen LogP contribution is -2.11. The third-order valence-corrected chi connectivity index (χ3v) is 4.39. The Morgan fingerprint density at radius 1 is 1.19 bits per heavy atom. The van der Waals surface area contributed by atoms with Crippen LogP contribution in [0.25, 0.3) is 11.4 Å². The summed E-state index contributed by atoms with van der Waals surface area (Å²) in [5, 5.41) is 9.44. The first-order valence-electron chi connectivity index (χ1n) is 6.49. The van der Waals surface area contributed by atoms with Crippen LogP contribution < -0.4 is 5.32 Å². The molecule has 0 aliphatic rings. The molecule has 0 atom stereocenters. The lowest BCUT2D eigenvalue weighted by molar-refractivity contribution is -0.116. The number of thiophene rings is 1. The molecule has 0 fully saturated rings. The molecule has 1 amide bonds. The van der Waals surface area contributed by atoms with Gasteiger partial charge in [-0.05, 0) is 40.9 Å². The van der Waals surface area contributed by atoms with Gasteiger partial charge < -0.3 is 5.32 Å². The van der Waals surface area contributed by atoms with Gasteiger partial charge >= 0.3 is 0 Å². The molecule has 0 saturated carbocycles.